The number of rotatable bonds is 4. The molecule has 0 aromatic heterocycles. The van der Waals surface area contributed by atoms with Gasteiger partial charge in [0.2, 0.25) is 0 Å². The van der Waals surface area contributed by atoms with E-state index in [1.54, 1.807) is 0 Å². The van der Waals surface area contributed by atoms with Crippen LogP contribution in [0, 0.1) is 0 Å². The van der Waals surface area contributed by atoms with Crippen LogP contribution in [0.1, 0.15) is 6.42 Å². The second-order valence-electron chi connectivity index (χ2n) is 2.39. The summed E-state index contributed by atoms with van der Waals surface area (Å²) in [5.41, 5.74) is 12.8. The van der Waals surface area contributed by atoms with Crippen LogP contribution in [-0.4, -0.2) is 30.4 Å². The highest BCUT2D eigenvalue weighted by Gasteiger charge is 2.09. The number of hydrazine groups is 6. The van der Waals surface area contributed by atoms with Gasteiger partial charge in [0, 0.05) is 6.54 Å². The molecule has 1 saturated heterocycles. The van der Waals surface area contributed by atoms with Gasteiger partial charge in [-0.25, -0.2) is 0 Å². The van der Waals surface area contributed by atoms with Gasteiger partial charge < -0.3 is 0 Å². The van der Waals surface area contributed by atoms with E-state index in [2.05, 4.69) is 27.7 Å². The van der Waals surface area contributed by atoms with Crippen molar-refractivity contribution in [2.45, 2.75) is 6.42 Å². The molecule has 0 amide bonds. The summed E-state index contributed by atoms with van der Waals surface area (Å²) in [7, 11) is -3.86. The van der Waals surface area contributed by atoms with E-state index in [9.17, 15) is 8.42 Å². The molecule has 0 radical (unpaired) electrons. The zero-order valence-corrected chi connectivity index (χ0v) is 7.56. The Kier molecular flexibility index (Phi) is 3.95. The van der Waals surface area contributed by atoms with Crippen LogP contribution in [-0.2, 0) is 10.1 Å². The summed E-state index contributed by atoms with van der Waals surface area (Å²) < 4.78 is 29.1. The van der Waals surface area contributed by atoms with E-state index >= 15 is 0 Å². The summed E-state index contributed by atoms with van der Waals surface area (Å²) in [6.07, 6.45) is 0.308. The topological polar surface area (TPSA) is 118 Å². The molecule has 78 valence electrons. The van der Waals surface area contributed by atoms with E-state index in [4.69, 9.17) is 4.55 Å². The Morgan fingerprint density at radius 1 is 1.15 bits per heavy atom. The highest BCUT2D eigenvalue weighted by atomic mass is 32.2. The molecule has 0 saturated carbocycles. The largest absolute Gasteiger partial charge is 0.286 e. The van der Waals surface area contributed by atoms with Crippen molar-refractivity contribution in [3.8, 4) is 0 Å². The van der Waals surface area contributed by atoms with Gasteiger partial charge in [-0.15, -0.1) is 0 Å². The molecule has 1 heterocycles. The van der Waals surface area contributed by atoms with Crippen molar-refractivity contribution in [3.63, 3.8) is 0 Å². The van der Waals surface area contributed by atoms with Crippen LogP contribution in [0.5, 0.6) is 0 Å². The Morgan fingerprint density at radius 3 is 2.31 bits per heavy atom. The van der Waals surface area contributed by atoms with E-state index in [0.29, 0.717) is 13.0 Å². The molecule has 1 fully saturated rings. The molecule has 0 aliphatic carbocycles. The lowest BCUT2D eigenvalue weighted by Crippen LogP contribution is -2.72. The van der Waals surface area contributed by atoms with Gasteiger partial charge in [0.05, 0.1) is 5.75 Å². The van der Waals surface area contributed by atoms with Crippen molar-refractivity contribution in [3.05, 3.63) is 0 Å². The van der Waals surface area contributed by atoms with Gasteiger partial charge in [0.25, 0.3) is 10.1 Å². The molecule has 0 bridgehead atoms. The van der Waals surface area contributed by atoms with E-state index in [0.717, 1.165) is 0 Å². The number of nitrogens with zero attached hydrogens (tertiary/aromatic N) is 1. The normalized spacial score (nSPS) is 20.4. The molecule has 1 rings (SSSR count). The van der Waals surface area contributed by atoms with Gasteiger partial charge in [0.1, 0.15) is 0 Å². The second kappa shape index (κ2) is 4.78. The lowest BCUT2D eigenvalue weighted by Gasteiger charge is -2.29. The Hall–Kier alpha value is -0.330. The zero-order valence-electron chi connectivity index (χ0n) is 6.74. The number of nitrogens with one attached hydrogen (secondary N) is 5. The third-order valence-corrected chi connectivity index (χ3v) is 2.10. The second-order valence-corrected chi connectivity index (χ2v) is 3.96. The van der Waals surface area contributed by atoms with Crippen LogP contribution >= 0.6 is 0 Å². The fourth-order valence-electron chi connectivity index (χ4n) is 0.767. The lowest BCUT2D eigenvalue weighted by atomic mass is 10.5. The van der Waals surface area contributed by atoms with Crippen LogP contribution < -0.4 is 27.7 Å². The van der Waals surface area contributed by atoms with Gasteiger partial charge in [-0.05, 0) is 6.42 Å². The van der Waals surface area contributed by atoms with Gasteiger partial charge in [-0.3, -0.25) is 4.55 Å². The molecule has 13 heavy (non-hydrogen) atoms. The predicted octanol–water partition coefficient (Wildman–Crippen LogP) is -2.98. The van der Waals surface area contributed by atoms with Crippen LogP contribution in [0.2, 0.25) is 0 Å². The van der Waals surface area contributed by atoms with E-state index in [1.807, 2.05) is 0 Å². The Balaban J connectivity index is 2.11. The monoisotopic (exact) mass is 212 g/mol. The Bertz CT molecular complexity index is 236. The summed E-state index contributed by atoms with van der Waals surface area (Å²) in [5.74, 6) is -0.264. The molecule has 0 aromatic rings. The molecule has 9 nitrogen and oxygen atoms in total. The number of hydrogen-bond acceptors (Lipinski definition) is 8. The molecule has 1 aliphatic rings. The minimum Gasteiger partial charge on any atom is -0.286 e. The molecule has 1 aliphatic heterocycles. The van der Waals surface area contributed by atoms with E-state index in [-0.39, 0.29) is 5.75 Å². The molecule has 0 spiro atoms. The minimum absolute atomic E-state index is 0.264. The quantitative estimate of drug-likeness (QED) is 0.271. The fourth-order valence-corrected chi connectivity index (χ4v) is 1.26. The SMILES string of the molecule is O=S(=O)(O)CCCN1NNNNN1. The molecular formula is C3H12N6O3S. The van der Waals surface area contributed by atoms with Crippen molar-refractivity contribution >= 4 is 10.1 Å². The average molecular weight is 212 g/mol. The first kappa shape index (κ1) is 10.7. The lowest BCUT2D eigenvalue weighted by molar-refractivity contribution is -0.0160. The maximum atomic E-state index is 10.3. The summed E-state index contributed by atoms with van der Waals surface area (Å²) in [6, 6.07) is 0. The Morgan fingerprint density at radius 2 is 1.77 bits per heavy atom. The van der Waals surface area contributed by atoms with Crippen molar-refractivity contribution in [1.29, 1.82) is 0 Å². The molecule has 10 heteroatoms. The molecule has 0 atom stereocenters. The maximum Gasteiger partial charge on any atom is 0.264 e. The maximum absolute atomic E-state index is 10.3. The fraction of sp³-hybridized carbons (Fsp3) is 1.00. The number of hydrogen-bond donors (Lipinski definition) is 6. The third kappa shape index (κ3) is 5.07. The molecular weight excluding hydrogens is 200 g/mol. The van der Waals surface area contributed by atoms with Gasteiger partial charge in [-0.2, -0.15) is 41.2 Å². The zero-order chi connectivity index (χ0) is 9.73. The predicted molar refractivity (Wildman–Crippen MR) is 43.4 cm³/mol. The summed E-state index contributed by atoms with van der Waals surface area (Å²) in [4.78, 5) is 0. The highest BCUT2D eigenvalue weighted by Crippen LogP contribution is 1.89. The first-order chi connectivity index (χ1) is 6.08. The van der Waals surface area contributed by atoms with Crippen LogP contribution in [0.4, 0.5) is 0 Å². The van der Waals surface area contributed by atoms with Crippen molar-refractivity contribution in [1.82, 2.24) is 32.8 Å². The van der Waals surface area contributed by atoms with Gasteiger partial charge in [-0.1, -0.05) is 0 Å². The average Bonchev–Trinajstić information content (AvgIpc) is 2.04. The summed E-state index contributed by atoms with van der Waals surface area (Å²) in [6.45, 7) is 0.404. The molecule has 6 N–H and O–H groups in total. The Labute approximate surface area is 75.4 Å². The van der Waals surface area contributed by atoms with Crippen LogP contribution in [0.3, 0.4) is 0 Å². The van der Waals surface area contributed by atoms with Gasteiger partial charge >= 0.3 is 0 Å². The first-order valence-electron chi connectivity index (χ1n) is 3.57. The highest BCUT2D eigenvalue weighted by molar-refractivity contribution is 7.85. The van der Waals surface area contributed by atoms with Crippen molar-refractivity contribution < 1.29 is 13.0 Å². The minimum atomic E-state index is -3.86. The third-order valence-electron chi connectivity index (χ3n) is 1.29. The van der Waals surface area contributed by atoms with Crippen molar-refractivity contribution in [2.24, 2.45) is 0 Å². The van der Waals surface area contributed by atoms with Crippen LogP contribution in [0.25, 0.3) is 0 Å². The van der Waals surface area contributed by atoms with Crippen LogP contribution in [0.15, 0.2) is 0 Å². The van der Waals surface area contributed by atoms with Crippen molar-refractivity contribution in [2.75, 3.05) is 12.3 Å². The molecule has 0 unspecified atom stereocenters. The van der Waals surface area contributed by atoms with E-state index in [1.165, 1.54) is 5.12 Å². The summed E-state index contributed by atoms with van der Waals surface area (Å²) >= 11 is 0. The molecule has 0 aromatic carbocycles. The summed E-state index contributed by atoms with van der Waals surface area (Å²) in [5, 5.41) is 1.47. The first-order valence-corrected chi connectivity index (χ1v) is 5.18. The smallest absolute Gasteiger partial charge is 0.264 e. The van der Waals surface area contributed by atoms with Gasteiger partial charge in [0.15, 0.2) is 0 Å². The van der Waals surface area contributed by atoms with E-state index < -0.39 is 10.1 Å². The standard InChI is InChI=1S/C3H12N6O3S/c10-13(11,12)3-1-2-9-7-5-4-6-8-9/h4-8H,1-3H2,(H,10,11,12).